The number of hydrogen-bond donors (Lipinski definition) is 0. The van der Waals surface area contributed by atoms with E-state index in [9.17, 15) is 4.79 Å². The van der Waals surface area contributed by atoms with Crippen LogP contribution >= 0.6 is 0 Å². The molecule has 0 fully saturated rings. The maximum absolute atomic E-state index is 10.6. The van der Waals surface area contributed by atoms with Gasteiger partial charge in [-0.15, -0.1) is 0 Å². The lowest BCUT2D eigenvalue weighted by molar-refractivity contribution is -0.142. The van der Waals surface area contributed by atoms with Gasteiger partial charge >= 0.3 is 5.97 Å². The molecule has 1 aromatic rings. The fourth-order valence-corrected chi connectivity index (χ4v) is 0.675. The molecule has 0 unspecified atom stereocenters. The van der Waals surface area contributed by atoms with E-state index in [1.807, 2.05) is 0 Å². The van der Waals surface area contributed by atoms with E-state index >= 15 is 0 Å². The van der Waals surface area contributed by atoms with Gasteiger partial charge in [0.2, 0.25) is 0 Å². The monoisotopic (exact) mass is 170 g/mol. The largest absolute Gasteiger partial charge is 0.479 e. The zero-order valence-electron chi connectivity index (χ0n) is 6.98. The molecule has 0 aliphatic heterocycles. The van der Waals surface area contributed by atoms with Crippen molar-refractivity contribution in [3.63, 3.8) is 0 Å². The van der Waals surface area contributed by atoms with Crippen LogP contribution in [0.2, 0.25) is 0 Å². The summed E-state index contributed by atoms with van der Waals surface area (Å²) in [7, 11) is 3.08. The first-order chi connectivity index (χ1) is 5.72. The van der Waals surface area contributed by atoms with Gasteiger partial charge in [-0.1, -0.05) is 0 Å². The topological polar surface area (TPSA) is 53.4 Å². The Labute approximate surface area is 69.9 Å². The van der Waals surface area contributed by atoms with Crippen molar-refractivity contribution in [2.75, 3.05) is 13.7 Å². The number of aromatic nitrogens is 2. The van der Waals surface area contributed by atoms with Crippen LogP contribution in [0, 0.1) is 0 Å². The van der Waals surface area contributed by atoms with Crippen LogP contribution in [0.5, 0.6) is 5.75 Å². The molecule has 0 spiro atoms. The third kappa shape index (κ3) is 2.26. The third-order valence-electron chi connectivity index (χ3n) is 1.27. The van der Waals surface area contributed by atoms with E-state index in [1.54, 1.807) is 17.9 Å². The molecule has 5 heteroatoms. The minimum atomic E-state index is -0.404. The Hall–Kier alpha value is -1.52. The quantitative estimate of drug-likeness (QED) is 0.598. The molecule has 12 heavy (non-hydrogen) atoms. The lowest BCUT2D eigenvalue weighted by Gasteiger charge is -1.99. The first-order valence-electron chi connectivity index (χ1n) is 3.40. The average molecular weight is 170 g/mol. The minimum Gasteiger partial charge on any atom is -0.479 e. The Morgan fingerprint density at radius 1 is 1.75 bits per heavy atom. The molecule has 0 bridgehead atoms. The smallest absolute Gasteiger partial charge is 0.343 e. The zero-order chi connectivity index (χ0) is 8.97. The summed E-state index contributed by atoms with van der Waals surface area (Å²) in [6, 6.07) is 0. The first kappa shape index (κ1) is 8.58. The molecular formula is C7H10N2O3. The third-order valence-corrected chi connectivity index (χ3v) is 1.27. The van der Waals surface area contributed by atoms with Crippen LogP contribution in [0.1, 0.15) is 0 Å². The number of rotatable bonds is 3. The Morgan fingerprint density at radius 3 is 3.00 bits per heavy atom. The van der Waals surface area contributed by atoms with E-state index < -0.39 is 5.97 Å². The van der Waals surface area contributed by atoms with Gasteiger partial charge in [0.15, 0.2) is 12.4 Å². The Bertz CT molecular complexity index is 269. The van der Waals surface area contributed by atoms with Gasteiger partial charge in [-0.05, 0) is 0 Å². The molecule has 0 atom stereocenters. The predicted octanol–water partition coefficient (Wildman–Crippen LogP) is -0.0281. The van der Waals surface area contributed by atoms with Crippen molar-refractivity contribution in [3.05, 3.63) is 12.4 Å². The summed E-state index contributed by atoms with van der Waals surface area (Å²) >= 11 is 0. The molecule has 0 aliphatic carbocycles. The molecule has 0 aromatic carbocycles. The molecule has 0 N–H and O–H groups in total. The van der Waals surface area contributed by atoms with Crippen molar-refractivity contribution >= 4 is 5.97 Å². The van der Waals surface area contributed by atoms with Gasteiger partial charge in [0.05, 0.1) is 19.5 Å². The highest BCUT2D eigenvalue weighted by molar-refractivity contribution is 5.70. The Balaban J connectivity index is 2.38. The second kappa shape index (κ2) is 3.75. The number of hydrogen-bond acceptors (Lipinski definition) is 4. The normalized spacial score (nSPS) is 9.50. The van der Waals surface area contributed by atoms with Crippen molar-refractivity contribution < 1.29 is 14.3 Å². The van der Waals surface area contributed by atoms with Crippen LogP contribution in [-0.2, 0) is 16.6 Å². The summed E-state index contributed by atoms with van der Waals surface area (Å²) in [4.78, 5) is 10.6. The van der Waals surface area contributed by atoms with Crippen LogP contribution in [-0.4, -0.2) is 29.5 Å². The van der Waals surface area contributed by atoms with Crippen molar-refractivity contribution in [2.24, 2.45) is 7.05 Å². The van der Waals surface area contributed by atoms with Crippen LogP contribution in [0.25, 0.3) is 0 Å². The lowest BCUT2D eigenvalue weighted by Crippen LogP contribution is -2.12. The summed E-state index contributed by atoms with van der Waals surface area (Å²) in [6.45, 7) is -0.0812. The average Bonchev–Trinajstić information content (AvgIpc) is 2.47. The van der Waals surface area contributed by atoms with Crippen molar-refractivity contribution in [3.8, 4) is 5.75 Å². The number of ether oxygens (including phenoxy) is 2. The molecule has 5 nitrogen and oxygen atoms in total. The molecule has 0 aliphatic rings. The number of carbonyl (C=O) groups is 1. The molecule has 0 amide bonds. The van der Waals surface area contributed by atoms with Crippen LogP contribution in [0.4, 0.5) is 0 Å². The number of esters is 1. The molecule has 1 aromatic heterocycles. The van der Waals surface area contributed by atoms with Crippen molar-refractivity contribution in [1.29, 1.82) is 0 Å². The van der Waals surface area contributed by atoms with Gasteiger partial charge in [0, 0.05) is 7.05 Å². The first-order valence-corrected chi connectivity index (χ1v) is 3.40. The zero-order valence-corrected chi connectivity index (χ0v) is 6.98. The Kier molecular flexibility index (Phi) is 2.68. The number of carbonyl (C=O) groups excluding carboxylic acids is 1. The van der Waals surface area contributed by atoms with Gasteiger partial charge < -0.3 is 9.47 Å². The highest BCUT2D eigenvalue weighted by atomic mass is 16.6. The fraction of sp³-hybridized carbons (Fsp3) is 0.429. The molecule has 1 heterocycles. The molecule has 1 rings (SSSR count). The summed E-state index contributed by atoms with van der Waals surface area (Å²) in [6.07, 6.45) is 3.20. The number of nitrogens with zero attached hydrogens (tertiary/aromatic N) is 2. The highest BCUT2D eigenvalue weighted by Gasteiger charge is 2.02. The maximum atomic E-state index is 10.6. The summed E-state index contributed by atoms with van der Waals surface area (Å²) in [5.74, 6) is 0.154. The van der Waals surface area contributed by atoms with E-state index in [1.165, 1.54) is 13.3 Å². The van der Waals surface area contributed by atoms with Gasteiger partial charge in [-0.2, -0.15) is 5.10 Å². The van der Waals surface area contributed by atoms with Gasteiger partial charge in [0.1, 0.15) is 0 Å². The fourth-order valence-electron chi connectivity index (χ4n) is 0.675. The van der Waals surface area contributed by atoms with E-state index in [0.29, 0.717) is 5.75 Å². The van der Waals surface area contributed by atoms with E-state index in [0.717, 1.165) is 0 Å². The van der Waals surface area contributed by atoms with Crippen LogP contribution < -0.4 is 4.74 Å². The van der Waals surface area contributed by atoms with E-state index in [-0.39, 0.29) is 6.61 Å². The summed E-state index contributed by atoms with van der Waals surface area (Å²) < 4.78 is 11.0. The van der Waals surface area contributed by atoms with Crippen molar-refractivity contribution in [2.45, 2.75) is 0 Å². The molecule has 0 saturated heterocycles. The van der Waals surface area contributed by atoms with Gasteiger partial charge in [-0.25, -0.2) is 4.79 Å². The lowest BCUT2D eigenvalue weighted by atomic mass is 10.6. The summed E-state index contributed by atoms with van der Waals surface area (Å²) in [5, 5.41) is 3.86. The Morgan fingerprint density at radius 2 is 2.50 bits per heavy atom. The van der Waals surface area contributed by atoms with Crippen LogP contribution in [0.15, 0.2) is 12.4 Å². The van der Waals surface area contributed by atoms with E-state index in [4.69, 9.17) is 4.74 Å². The number of aryl methyl sites for hydroxylation is 1. The molecular weight excluding hydrogens is 160 g/mol. The maximum Gasteiger partial charge on any atom is 0.343 e. The SMILES string of the molecule is COC(=O)COc1cnn(C)c1. The van der Waals surface area contributed by atoms with E-state index in [2.05, 4.69) is 9.84 Å². The highest BCUT2D eigenvalue weighted by Crippen LogP contribution is 2.06. The molecule has 0 radical (unpaired) electrons. The van der Waals surface area contributed by atoms with Crippen LogP contribution in [0.3, 0.4) is 0 Å². The minimum absolute atomic E-state index is 0.0812. The van der Waals surface area contributed by atoms with Gasteiger partial charge in [0.25, 0.3) is 0 Å². The number of methoxy groups -OCH3 is 1. The molecule has 66 valence electrons. The standard InChI is InChI=1S/C7H10N2O3/c1-9-4-6(3-8-9)12-5-7(10)11-2/h3-4H,5H2,1-2H3. The second-order valence-electron chi connectivity index (χ2n) is 2.21. The summed E-state index contributed by atoms with van der Waals surface area (Å²) in [5.41, 5.74) is 0. The van der Waals surface area contributed by atoms with Gasteiger partial charge in [-0.3, -0.25) is 4.68 Å². The molecule has 0 saturated carbocycles. The predicted molar refractivity (Wildman–Crippen MR) is 40.7 cm³/mol. The second-order valence-corrected chi connectivity index (χ2v) is 2.21. The van der Waals surface area contributed by atoms with Crippen molar-refractivity contribution in [1.82, 2.24) is 9.78 Å².